The predicted octanol–water partition coefficient (Wildman–Crippen LogP) is 2.76. The minimum atomic E-state index is -0.145. The summed E-state index contributed by atoms with van der Waals surface area (Å²) in [5.41, 5.74) is 1.79. The van der Waals surface area contributed by atoms with Gasteiger partial charge in [-0.15, -0.1) is 0 Å². The molecule has 124 valence electrons. The van der Waals surface area contributed by atoms with E-state index in [-0.39, 0.29) is 12.1 Å². The average Bonchev–Trinajstić information content (AvgIpc) is 2.97. The minimum absolute atomic E-state index is 0.0327. The van der Waals surface area contributed by atoms with Crippen molar-refractivity contribution in [1.82, 2.24) is 15.4 Å². The van der Waals surface area contributed by atoms with E-state index >= 15 is 0 Å². The van der Waals surface area contributed by atoms with Crippen molar-refractivity contribution in [2.24, 2.45) is 0 Å². The van der Waals surface area contributed by atoms with Crippen LogP contribution in [0.3, 0.4) is 0 Å². The molecule has 1 atom stereocenters. The number of urea groups is 1. The van der Waals surface area contributed by atoms with E-state index < -0.39 is 0 Å². The zero-order chi connectivity index (χ0) is 16.8. The molecule has 0 saturated heterocycles. The van der Waals surface area contributed by atoms with Gasteiger partial charge in [-0.3, -0.25) is 0 Å². The number of methoxy groups -OCH3 is 1. The van der Waals surface area contributed by atoms with Crippen LogP contribution in [0.1, 0.15) is 23.9 Å². The fourth-order valence-corrected chi connectivity index (χ4v) is 2.32. The molecule has 1 aromatic heterocycles. The van der Waals surface area contributed by atoms with Crippen LogP contribution in [0, 0.1) is 6.92 Å². The number of hydrogen-bond acceptors (Lipinski definition) is 4. The lowest BCUT2D eigenvalue weighted by molar-refractivity contribution is 0.192. The first-order valence-corrected chi connectivity index (χ1v) is 7.56. The van der Waals surface area contributed by atoms with Crippen LogP contribution in [0.4, 0.5) is 4.79 Å². The number of aryl methyl sites for hydroxylation is 1. The fourth-order valence-electron chi connectivity index (χ4n) is 2.32. The Balaban J connectivity index is 1.90. The Labute approximate surface area is 136 Å². The van der Waals surface area contributed by atoms with Crippen LogP contribution in [0.2, 0.25) is 0 Å². The molecule has 1 N–H and O–H groups in total. The summed E-state index contributed by atoms with van der Waals surface area (Å²) >= 11 is 0. The maximum Gasteiger partial charge on any atom is 0.317 e. The first kappa shape index (κ1) is 16.9. The molecule has 0 spiro atoms. The highest BCUT2D eigenvalue weighted by molar-refractivity contribution is 5.74. The Morgan fingerprint density at radius 1 is 1.43 bits per heavy atom. The number of benzene rings is 1. The third kappa shape index (κ3) is 4.48. The number of aromatic nitrogens is 1. The summed E-state index contributed by atoms with van der Waals surface area (Å²) in [6.45, 7) is 4.17. The van der Waals surface area contributed by atoms with Crippen LogP contribution in [-0.4, -0.2) is 36.3 Å². The van der Waals surface area contributed by atoms with Crippen LogP contribution in [-0.2, 0) is 13.0 Å². The van der Waals surface area contributed by atoms with Gasteiger partial charge in [-0.25, -0.2) is 4.79 Å². The van der Waals surface area contributed by atoms with Gasteiger partial charge in [0.2, 0.25) is 0 Å². The average molecular weight is 317 g/mol. The zero-order valence-electron chi connectivity index (χ0n) is 14.0. The predicted molar refractivity (Wildman–Crippen MR) is 87.4 cm³/mol. The summed E-state index contributed by atoms with van der Waals surface area (Å²) in [6, 6.07) is 9.53. The Morgan fingerprint density at radius 2 is 2.17 bits per heavy atom. The Bertz CT molecular complexity index is 654. The van der Waals surface area contributed by atoms with Gasteiger partial charge < -0.3 is 19.5 Å². The van der Waals surface area contributed by atoms with Gasteiger partial charge in [0.15, 0.2) is 0 Å². The molecular weight excluding hydrogens is 294 g/mol. The van der Waals surface area contributed by atoms with E-state index in [1.54, 1.807) is 25.1 Å². The highest BCUT2D eigenvalue weighted by Gasteiger charge is 2.17. The van der Waals surface area contributed by atoms with Crippen molar-refractivity contribution >= 4 is 6.03 Å². The van der Waals surface area contributed by atoms with Crippen LogP contribution < -0.4 is 10.1 Å². The third-order valence-electron chi connectivity index (χ3n) is 3.79. The van der Waals surface area contributed by atoms with Crippen molar-refractivity contribution in [3.8, 4) is 5.75 Å². The third-order valence-corrected chi connectivity index (χ3v) is 3.79. The number of para-hydroxylation sites is 1. The van der Waals surface area contributed by atoms with Gasteiger partial charge in [0.05, 0.1) is 13.7 Å². The van der Waals surface area contributed by atoms with E-state index in [0.717, 1.165) is 23.5 Å². The Kier molecular flexibility index (Phi) is 5.62. The Morgan fingerprint density at radius 3 is 2.83 bits per heavy atom. The van der Waals surface area contributed by atoms with Gasteiger partial charge in [0.25, 0.3) is 0 Å². The SMILES string of the molecule is COc1ccccc1CC(C)N(C)C(=O)NCc1cc(C)on1. The van der Waals surface area contributed by atoms with Crippen molar-refractivity contribution in [2.75, 3.05) is 14.2 Å². The standard InChI is InChI=1S/C17H23N3O3/c1-12(9-14-7-5-6-8-16(14)22-4)20(3)17(21)18-11-15-10-13(2)23-19-15/h5-8,10,12H,9,11H2,1-4H3,(H,18,21). The molecule has 0 radical (unpaired) electrons. The number of ether oxygens (including phenoxy) is 1. The summed E-state index contributed by atoms with van der Waals surface area (Å²) in [5, 5.41) is 6.70. The van der Waals surface area contributed by atoms with Crippen molar-refractivity contribution < 1.29 is 14.1 Å². The molecule has 6 heteroatoms. The molecule has 2 amide bonds. The number of hydrogen-bond donors (Lipinski definition) is 1. The number of nitrogens with zero attached hydrogens (tertiary/aromatic N) is 2. The molecule has 0 aliphatic heterocycles. The highest BCUT2D eigenvalue weighted by atomic mass is 16.5. The van der Waals surface area contributed by atoms with Crippen LogP contribution >= 0.6 is 0 Å². The summed E-state index contributed by atoms with van der Waals surface area (Å²) in [7, 11) is 3.43. The smallest absolute Gasteiger partial charge is 0.317 e. The van der Waals surface area contributed by atoms with Gasteiger partial charge in [-0.2, -0.15) is 0 Å². The molecule has 1 aromatic carbocycles. The topological polar surface area (TPSA) is 67.6 Å². The van der Waals surface area contributed by atoms with E-state index in [9.17, 15) is 4.79 Å². The molecule has 1 unspecified atom stereocenters. The quantitative estimate of drug-likeness (QED) is 0.889. The summed E-state index contributed by atoms with van der Waals surface area (Å²) in [5.74, 6) is 1.57. The van der Waals surface area contributed by atoms with Crippen LogP contribution in [0.25, 0.3) is 0 Å². The van der Waals surface area contributed by atoms with Crippen molar-refractivity contribution in [1.29, 1.82) is 0 Å². The Hall–Kier alpha value is -2.50. The second kappa shape index (κ2) is 7.67. The summed E-state index contributed by atoms with van der Waals surface area (Å²) in [6.07, 6.45) is 0.719. The molecular formula is C17H23N3O3. The van der Waals surface area contributed by atoms with E-state index in [0.29, 0.717) is 12.2 Å². The molecule has 23 heavy (non-hydrogen) atoms. The molecule has 1 heterocycles. The van der Waals surface area contributed by atoms with E-state index in [2.05, 4.69) is 10.5 Å². The van der Waals surface area contributed by atoms with Gasteiger partial charge in [0, 0.05) is 19.2 Å². The van der Waals surface area contributed by atoms with Crippen LogP contribution in [0.15, 0.2) is 34.9 Å². The summed E-state index contributed by atoms with van der Waals surface area (Å²) in [4.78, 5) is 13.9. The number of likely N-dealkylation sites (N-methyl/N-ethyl adjacent to an activating group) is 1. The first-order valence-electron chi connectivity index (χ1n) is 7.56. The monoisotopic (exact) mass is 317 g/mol. The maximum atomic E-state index is 12.2. The van der Waals surface area contributed by atoms with Gasteiger partial charge in [0.1, 0.15) is 17.2 Å². The molecule has 0 saturated carbocycles. The molecule has 0 aliphatic rings. The highest BCUT2D eigenvalue weighted by Crippen LogP contribution is 2.20. The van der Waals surface area contributed by atoms with Crippen LogP contribution in [0.5, 0.6) is 5.75 Å². The summed E-state index contributed by atoms with van der Waals surface area (Å²) < 4.78 is 10.3. The molecule has 0 aliphatic carbocycles. The number of carbonyl (C=O) groups is 1. The van der Waals surface area contributed by atoms with E-state index in [1.165, 1.54) is 0 Å². The minimum Gasteiger partial charge on any atom is -0.496 e. The number of amides is 2. The number of rotatable bonds is 6. The molecule has 2 rings (SSSR count). The second-order valence-corrected chi connectivity index (χ2v) is 5.56. The molecule has 0 bridgehead atoms. The molecule has 2 aromatic rings. The van der Waals surface area contributed by atoms with Crippen molar-refractivity contribution in [3.05, 3.63) is 47.3 Å². The largest absolute Gasteiger partial charge is 0.496 e. The molecule has 0 fully saturated rings. The normalized spacial score (nSPS) is 11.8. The lowest BCUT2D eigenvalue weighted by atomic mass is 10.1. The fraction of sp³-hybridized carbons (Fsp3) is 0.412. The van der Waals surface area contributed by atoms with E-state index in [1.807, 2.05) is 38.1 Å². The molecule has 6 nitrogen and oxygen atoms in total. The lowest BCUT2D eigenvalue weighted by Crippen LogP contribution is -2.43. The number of carbonyl (C=O) groups excluding carboxylic acids is 1. The van der Waals surface area contributed by atoms with Gasteiger partial charge in [-0.1, -0.05) is 23.4 Å². The first-order chi connectivity index (χ1) is 11.0. The number of nitrogens with one attached hydrogen (secondary N) is 1. The lowest BCUT2D eigenvalue weighted by Gasteiger charge is -2.25. The zero-order valence-corrected chi connectivity index (χ0v) is 14.0. The van der Waals surface area contributed by atoms with Crippen molar-refractivity contribution in [3.63, 3.8) is 0 Å². The van der Waals surface area contributed by atoms with E-state index in [4.69, 9.17) is 9.26 Å². The maximum absolute atomic E-state index is 12.2. The second-order valence-electron chi connectivity index (χ2n) is 5.56. The van der Waals surface area contributed by atoms with Gasteiger partial charge in [-0.05, 0) is 31.9 Å². The van der Waals surface area contributed by atoms with Crippen molar-refractivity contribution in [2.45, 2.75) is 32.9 Å². The van der Waals surface area contributed by atoms with Gasteiger partial charge >= 0.3 is 6.03 Å².